The Morgan fingerprint density at radius 3 is 2.74 bits per heavy atom. The first-order chi connectivity index (χ1) is 16.7. The molecule has 5 rings (SSSR count). The Labute approximate surface area is 203 Å². The second-order valence-corrected chi connectivity index (χ2v) is 9.13. The average Bonchev–Trinajstić information content (AvgIpc) is 3.50. The van der Waals surface area contributed by atoms with Crippen LogP contribution in [0.25, 0.3) is 11.3 Å². The van der Waals surface area contributed by atoms with Crippen LogP contribution >= 0.6 is 11.3 Å². The fraction of sp³-hybridized carbons (Fsp3) is 0.269. The molecule has 4 aromatic rings. The maximum absolute atomic E-state index is 13.8. The largest absolute Gasteiger partial charge is 0.497 e. The van der Waals surface area contributed by atoms with Crippen LogP contribution in [-0.4, -0.2) is 58.9 Å². The molecule has 2 aromatic carbocycles. The van der Waals surface area contributed by atoms with Crippen LogP contribution < -0.4 is 9.64 Å². The summed E-state index contributed by atoms with van der Waals surface area (Å²) in [5.41, 5.74) is 3.30. The van der Waals surface area contributed by atoms with Crippen LogP contribution in [0.2, 0.25) is 0 Å². The van der Waals surface area contributed by atoms with Gasteiger partial charge in [-0.1, -0.05) is 42.5 Å². The molecule has 2 aromatic heterocycles. The van der Waals surface area contributed by atoms with Gasteiger partial charge in [-0.2, -0.15) is 5.10 Å². The molecular formula is C26H27N5O2S. The molecule has 7 nitrogen and oxygen atoms in total. The Morgan fingerprint density at radius 1 is 1.06 bits per heavy atom. The van der Waals surface area contributed by atoms with E-state index in [9.17, 15) is 4.79 Å². The summed E-state index contributed by atoms with van der Waals surface area (Å²) >= 11 is 1.64. The highest BCUT2D eigenvalue weighted by molar-refractivity contribution is 7.13. The third-order valence-electron chi connectivity index (χ3n) is 6.00. The normalized spacial score (nSPS) is 14.1. The number of anilines is 1. The SMILES string of the molecule is COc1cccc(-c2nn(Cc3ccccc3)cc2C(=O)N2CCCN(c3nccs3)CC2)c1. The first-order valence-corrected chi connectivity index (χ1v) is 12.3. The van der Waals surface area contributed by atoms with Gasteiger partial charge in [0.05, 0.1) is 19.2 Å². The van der Waals surface area contributed by atoms with E-state index in [0.29, 0.717) is 30.9 Å². The smallest absolute Gasteiger partial charge is 0.257 e. The van der Waals surface area contributed by atoms with Crippen molar-refractivity contribution in [2.75, 3.05) is 38.2 Å². The number of rotatable bonds is 6. The second-order valence-electron chi connectivity index (χ2n) is 8.25. The van der Waals surface area contributed by atoms with Crippen molar-refractivity contribution >= 4 is 22.4 Å². The number of aromatic nitrogens is 3. The topological polar surface area (TPSA) is 63.5 Å². The Hall–Kier alpha value is -3.65. The van der Waals surface area contributed by atoms with Gasteiger partial charge in [0.25, 0.3) is 5.91 Å². The number of nitrogens with zero attached hydrogens (tertiary/aromatic N) is 5. The van der Waals surface area contributed by atoms with Crippen molar-refractivity contribution in [1.29, 1.82) is 0 Å². The van der Waals surface area contributed by atoms with Crippen molar-refractivity contribution < 1.29 is 9.53 Å². The van der Waals surface area contributed by atoms with Crippen molar-refractivity contribution in [2.45, 2.75) is 13.0 Å². The van der Waals surface area contributed by atoms with Gasteiger partial charge in [-0.3, -0.25) is 9.48 Å². The minimum Gasteiger partial charge on any atom is -0.497 e. The highest BCUT2D eigenvalue weighted by atomic mass is 32.1. The number of amides is 1. The summed E-state index contributed by atoms with van der Waals surface area (Å²) in [7, 11) is 1.64. The van der Waals surface area contributed by atoms with E-state index in [4.69, 9.17) is 9.84 Å². The van der Waals surface area contributed by atoms with Crippen molar-refractivity contribution in [2.24, 2.45) is 0 Å². The summed E-state index contributed by atoms with van der Waals surface area (Å²) in [5, 5.41) is 7.85. The number of carbonyl (C=O) groups excluding carboxylic acids is 1. The fourth-order valence-electron chi connectivity index (χ4n) is 4.27. The predicted octanol–water partition coefficient (Wildman–Crippen LogP) is 4.42. The van der Waals surface area contributed by atoms with Gasteiger partial charge < -0.3 is 14.5 Å². The number of methoxy groups -OCH3 is 1. The molecule has 0 unspecified atom stereocenters. The standard InChI is InChI=1S/C26H27N5O2S/c1-33-22-10-5-9-21(17-22)24-23(19-31(28-24)18-20-7-3-2-4-8-20)25(32)29-12-6-13-30(15-14-29)26-27-11-16-34-26/h2-5,7-11,16-17,19H,6,12-15,18H2,1H3. The number of carbonyl (C=O) groups is 1. The van der Waals surface area contributed by atoms with Crippen molar-refractivity contribution in [3.05, 3.63) is 83.5 Å². The number of benzene rings is 2. The lowest BCUT2D eigenvalue weighted by Gasteiger charge is -2.21. The molecular weight excluding hydrogens is 446 g/mol. The van der Waals surface area contributed by atoms with E-state index >= 15 is 0 Å². The van der Waals surface area contributed by atoms with Crippen molar-refractivity contribution in [3.8, 4) is 17.0 Å². The zero-order valence-corrected chi connectivity index (χ0v) is 19.9. The molecule has 0 spiro atoms. The molecule has 8 heteroatoms. The van der Waals surface area contributed by atoms with E-state index in [0.717, 1.165) is 41.5 Å². The Bertz CT molecular complexity index is 1240. The Morgan fingerprint density at radius 2 is 1.94 bits per heavy atom. The van der Waals surface area contributed by atoms with Gasteiger partial charge in [0, 0.05) is 49.5 Å². The fourth-order valence-corrected chi connectivity index (χ4v) is 4.96. The summed E-state index contributed by atoms with van der Waals surface area (Å²) < 4.78 is 7.28. The van der Waals surface area contributed by atoms with E-state index < -0.39 is 0 Å². The van der Waals surface area contributed by atoms with E-state index in [1.807, 2.05) is 69.8 Å². The minimum atomic E-state index is 0.0121. The minimum absolute atomic E-state index is 0.0121. The molecule has 1 fully saturated rings. The highest BCUT2D eigenvalue weighted by Gasteiger charge is 2.26. The summed E-state index contributed by atoms with van der Waals surface area (Å²) in [6, 6.07) is 17.9. The maximum atomic E-state index is 13.8. The van der Waals surface area contributed by atoms with Gasteiger partial charge in [-0.15, -0.1) is 11.3 Å². The second kappa shape index (κ2) is 10.1. The first kappa shape index (κ1) is 22.2. The predicted molar refractivity (Wildman–Crippen MR) is 135 cm³/mol. The van der Waals surface area contributed by atoms with Crippen molar-refractivity contribution in [3.63, 3.8) is 0 Å². The lowest BCUT2D eigenvalue weighted by Crippen LogP contribution is -2.35. The molecule has 1 saturated heterocycles. The zero-order valence-electron chi connectivity index (χ0n) is 19.1. The van der Waals surface area contributed by atoms with Gasteiger partial charge in [0.15, 0.2) is 5.13 Å². The van der Waals surface area contributed by atoms with E-state index in [-0.39, 0.29) is 5.91 Å². The molecule has 0 radical (unpaired) electrons. The van der Waals surface area contributed by atoms with Crippen LogP contribution in [0.5, 0.6) is 5.75 Å². The zero-order chi connectivity index (χ0) is 23.3. The van der Waals surface area contributed by atoms with Gasteiger partial charge in [0.1, 0.15) is 11.4 Å². The molecule has 0 bridgehead atoms. The van der Waals surface area contributed by atoms with Gasteiger partial charge in [-0.25, -0.2) is 4.98 Å². The quantitative estimate of drug-likeness (QED) is 0.415. The van der Waals surface area contributed by atoms with Gasteiger partial charge in [0.2, 0.25) is 0 Å². The number of ether oxygens (including phenoxy) is 1. The van der Waals surface area contributed by atoms with Gasteiger partial charge >= 0.3 is 0 Å². The third-order valence-corrected chi connectivity index (χ3v) is 6.83. The molecule has 34 heavy (non-hydrogen) atoms. The molecule has 0 atom stereocenters. The Kier molecular flexibility index (Phi) is 6.58. The van der Waals surface area contributed by atoms with E-state index in [2.05, 4.69) is 22.0 Å². The van der Waals surface area contributed by atoms with Crippen LogP contribution in [0, 0.1) is 0 Å². The highest BCUT2D eigenvalue weighted by Crippen LogP contribution is 2.28. The van der Waals surface area contributed by atoms with Crippen LogP contribution in [0.3, 0.4) is 0 Å². The maximum Gasteiger partial charge on any atom is 0.257 e. The monoisotopic (exact) mass is 473 g/mol. The van der Waals surface area contributed by atoms with E-state index in [1.165, 1.54) is 0 Å². The first-order valence-electron chi connectivity index (χ1n) is 11.4. The number of hydrogen-bond donors (Lipinski definition) is 0. The third kappa shape index (κ3) is 4.82. The van der Waals surface area contributed by atoms with Crippen LogP contribution in [0.1, 0.15) is 22.3 Å². The van der Waals surface area contributed by atoms with Crippen LogP contribution in [0.15, 0.2) is 72.4 Å². The summed E-state index contributed by atoms with van der Waals surface area (Å²) in [6.07, 6.45) is 4.61. The van der Waals surface area contributed by atoms with Crippen LogP contribution in [0.4, 0.5) is 5.13 Å². The van der Waals surface area contributed by atoms with E-state index in [1.54, 1.807) is 18.4 Å². The molecule has 3 heterocycles. The van der Waals surface area contributed by atoms with Crippen molar-refractivity contribution in [1.82, 2.24) is 19.7 Å². The van der Waals surface area contributed by atoms with Crippen LogP contribution in [-0.2, 0) is 6.54 Å². The lowest BCUT2D eigenvalue weighted by atomic mass is 10.1. The number of hydrogen-bond acceptors (Lipinski definition) is 6. The Balaban J connectivity index is 1.44. The molecule has 0 saturated carbocycles. The lowest BCUT2D eigenvalue weighted by molar-refractivity contribution is 0.0767. The molecule has 1 aliphatic heterocycles. The molecule has 0 N–H and O–H groups in total. The molecule has 174 valence electrons. The summed E-state index contributed by atoms with van der Waals surface area (Å²) in [5.74, 6) is 0.750. The molecule has 0 aliphatic carbocycles. The number of thiazole rings is 1. The van der Waals surface area contributed by atoms with Gasteiger partial charge in [-0.05, 0) is 24.1 Å². The summed E-state index contributed by atoms with van der Waals surface area (Å²) in [4.78, 5) is 22.4. The average molecular weight is 474 g/mol. The molecule has 1 aliphatic rings. The summed E-state index contributed by atoms with van der Waals surface area (Å²) in [6.45, 7) is 3.63. The molecule has 1 amide bonds.